The number of rotatable bonds is 8. The first kappa shape index (κ1) is 14.7. The summed E-state index contributed by atoms with van der Waals surface area (Å²) in [6.45, 7) is 4.23. The highest BCUT2D eigenvalue weighted by Gasteiger charge is 2.00. The van der Waals surface area contributed by atoms with Crippen LogP contribution in [0.25, 0.3) is 0 Å². The van der Waals surface area contributed by atoms with E-state index in [1.54, 1.807) is 0 Å². The molecule has 0 aromatic heterocycles. The summed E-state index contributed by atoms with van der Waals surface area (Å²) in [7, 11) is -2.74. The molecule has 15 heavy (non-hydrogen) atoms. The molecule has 0 atom stereocenters. The third-order valence-electron chi connectivity index (χ3n) is 2.27. The lowest BCUT2D eigenvalue weighted by Gasteiger charge is -1.99. The zero-order valence-corrected chi connectivity index (χ0v) is 11.1. The monoisotopic (exact) mass is 232 g/mol. The van der Waals surface area contributed by atoms with Crippen molar-refractivity contribution in [3.63, 3.8) is 0 Å². The first-order chi connectivity index (χ1) is 6.92. The van der Waals surface area contributed by atoms with Gasteiger partial charge in [-0.25, -0.2) is 8.42 Å². The topological polar surface area (TPSA) is 34.1 Å². The van der Waals surface area contributed by atoms with E-state index >= 15 is 0 Å². The number of unbranched alkanes of at least 4 members (excludes halogenated alkanes) is 5. The third-order valence-corrected chi connectivity index (χ3v) is 3.30. The molecule has 0 amide bonds. The van der Waals surface area contributed by atoms with Gasteiger partial charge in [0.15, 0.2) is 0 Å². The second kappa shape index (κ2) is 7.91. The standard InChI is InChI=1S/C12H24O2S/c1-12(2)10-8-6-4-5-7-9-11-15(3,13)14/h10H,4-9,11H2,1-3H3. The van der Waals surface area contributed by atoms with E-state index in [-0.39, 0.29) is 0 Å². The van der Waals surface area contributed by atoms with Crippen LogP contribution in [0, 0.1) is 0 Å². The summed E-state index contributed by atoms with van der Waals surface area (Å²) in [6, 6.07) is 0. The van der Waals surface area contributed by atoms with Crippen molar-refractivity contribution in [3.8, 4) is 0 Å². The van der Waals surface area contributed by atoms with Crippen LogP contribution in [-0.4, -0.2) is 20.4 Å². The van der Waals surface area contributed by atoms with Crippen LogP contribution in [0.15, 0.2) is 11.6 Å². The summed E-state index contributed by atoms with van der Waals surface area (Å²) in [4.78, 5) is 0. The lowest BCUT2D eigenvalue weighted by molar-refractivity contribution is 0.590. The fraction of sp³-hybridized carbons (Fsp3) is 0.833. The quantitative estimate of drug-likeness (QED) is 0.475. The lowest BCUT2D eigenvalue weighted by Crippen LogP contribution is -2.02. The van der Waals surface area contributed by atoms with Gasteiger partial charge in [0.2, 0.25) is 0 Å². The summed E-state index contributed by atoms with van der Waals surface area (Å²) in [5, 5.41) is 0. The van der Waals surface area contributed by atoms with Crippen LogP contribution in [0.1, 0.15) is 52.4 Å². The van der Waals surface area contributed by atoms with Gasteiger partial charge in [0.25, 0.3) is 0 Å². The highest BCUT2D eigenvalue weighted by Crippen LogP contribution is 2.07. The van der Waals surface area contributed by atoms with Crippen molar-refractivity contribution in [1.82, 2.24) is 0 Å². The molecule has 0 aliphatic heterocycles. The Labute approximate surface area is 94.7 Å². The van der Waals surface area contributed by atoms with Crippen LogP contribution in [0.3, 0.4) is 0 Å². The number of sulfone groups is 1. The Balaban J connectivity index is 3.23. The molecule has 0 rings (SSSR count). The first-order valence-electron chi connectivity index (χ1n) is 5.73. The van der Waals surface area contributed by atoms with Crippen molar-refractivity contribution < 1.29 is 8.42 Å². The van der Waals surface area contributed by atoms with E-state index in [1.165, 1.54) is 24.7 Å². The Bertz CT molecular complexity index is 272. The van der Waals surface area contributed by atoms with Gasteiger partial charge in [0, 0.05) is 12.0 Å². The van der Waals surface area contributed by atoms with Gasteiger partial charge in [-0.2, -0.15) is 0 Å². The van der Waals surface area contributed by atoms with Crippen LogP contribution in [-0.2, 0) is 9.84 Å². The molecule has 0 fully saturated rings. The second-order valence-corrected chi connectivity index (χ2v) is 6.73. The molecule has 90 valence electrons. The predicted octanol–water partition coefficient (Wildman–Crippen LogP) is 3.34. The molecule has 0 bridgehead atoms. The molecule has 0 saturated carbocycles. The molecule has 2 nitrogen and oxygen atoms in total. The van der Waals surface area contributed by atoms with E-state index in [4.69, 9.17) is 0 Å². The Morgan fingerprint density at radius 1 is 1.00 bits per heavy atom. The van der Waals surface area contributed by atoms with E-state index in [0.29, 0.717) is 5.75 Å². The maximum Gasteiger partial charge on any atom is 0.147 e. The number of allylic oxidation sites excluding steroid dienone is 2. The molecule has 0 heterocycles. The molecule has 0 radical (unpaired) electrons. The molecular weight excluding hydrogens is 208 g/mol. The van der Waals surface area contributed by atoms with Gasteiger partial charge in [0.05, 0.1) is 0 Å². The Kier molecular flexibility index (Phi) is 7.75. The van der Waals surface area contributed by atoms with Gasteiger partial charge in [-0.3, -0.25) is 0 Å². The zero-order valence-electron chi connectivity index (χ0n) is 10.3. The largest absolute Gasteiger partial charge is 0.229 e. The fourth-order valence-corrected chi connectivity index (χ4v) is 2.16. The number of hydrogen-bond donors (Lipinski definition) is 0. The molecule has 0 spiro atoms. The van der Waals surface area contributed by atoms with Crippen molar-refractivity contribution in [2.45, 2.75) is 52.4 Å². The molecular formula is C12H24O2S. The van der Waals surface area contributed by atoms with Crippen LogP contribution >= 0.6 is 0 Å². The minimum Gasteiger partial charge on any atom is -0.229 e. The van der Waals surface area contributed by atoms with E-state index in [0.717, 1.165) is 25.7 Å². The maximum atomic E-state index is 10.8. The van der Waals surface area contributed by atoms with Crippen LogP contribution in [0.4, 0.5) is 0 Å². The highest BCUT2D eigenvalue weighted by atomic mass is 32.2. The minimum atomic E-state index is -2.74. The average molecular weight is 232 g/mol. The van der Waals surface area contributed by atoms with Crippen molar-refractivity contribution in [3.05, 3.63) is 11.6 Å². The van der Waals surface area contributed by atoms with Gasteiger partial charge in [0.1, 0.15) is 9.84 Å². The van der Waals surface area contributed by atoms with E-state index in [2.05, 4.69) is 19.9 Å². The van der Waals surface area contributed by atoms with E-state index < -0.39 is 9.84 Å². The fourth-order valence-electron chi connectivity index (χ4n) is 1.43. The van der Waals surface area contributed by atoms with Crippen LogP contribution in [0.2, 0.25) is 0 Å². The van der Waals surface area contributed by atoms with Crippen LogP contribution in [0.5, 0.6) is 0 Å². The summed E-state index contributed by atoms with van der Waals surface area (Å²) < 4.78 is 21.7. The second-order valence-electron chi connectivity index (χ2n) is 4.47. The molecule has 0 aromatic carbocycles. The Hall–Kier alpha value is -0.310. The summed E-state index contributed by atoms with van der Waals surface area (Å²) in [5.41, 5.74) is 1.38. The van der Waals surface area contributed by atoms with Gasteiger partial charge in [-0.15, -0.1) is 0 Å². The molecule has 0 aromatic rings. The summed E-state index contributed by atoms with van der Waals surface area (Å²) in [6.07, 6.45) is 10.2. The minimum absolute atomic E-state index is 0.348. The predicted molar refractivity (Wildman–Crippen MR) is 66.8 cm³/mol. The van der Waals surface area contributed by atoms with Gasteiger partial charge in [-0.1, -0.05) is 30.9 Å². The summed E-state index contributed by atoms with van der Waals surface area (Å²) in [5.74, 6) is 0.348. The van der Waals surface area contributed by atoms with Crippen molar-refractivity contribution in [2.24, 2.45) is 0 Å². The first-order valence-corrected chi connectivity index (χ1v) is 7.79. The normalized spacial score (nSPS) is 11.4. The highest BCUT2D eigenvalue weighted by molar-refractivity contribution is 7.90. The van der Waals surface area contributed by atoms with Crippen molar-refractivity contribution in [1.29, 1.82) is 0 Å². The van der Waals surface area contributed by atoms with Gasteiger partial charge < -0.3 is 0 Å². The van der Waals surface area contributed by atoms with Gasteiger partial charge >= 0.3 is 0 Å². The van der Waals surface area contributed by atoms with Crippen molar-refractivity contribution in [2.75, 3.05) is 12.0 Å². The molecule has 0 saturated heterocycles. The molecule has 0 N–H and O–H groups in total. The SMILES string of the molecule is CC(C)=CCCCCCCCS(C)(=O)=O. The third kappa shape index (κ3) is 13.7. The molecule has 0 unspecified atom stereocenters. The van der Waals surface area contributed by atoms with Crippen LogP contribution < -0.4 is 0 Å². The van der Waals surface area contributed by atoms with Crippen molar-refractivity contribution >= 4 is 9.84 Å². The summed E-state index contributed by atoms with van der Waals surface area (Å²) >= 11 is 0. The Morgan fingerprint density at radius 3 is 2.07 bits per heavy atom. The number of hydrogen-bond acceptors (Lipinski definition) is 2. The molecule has 3 heteroatoms. The Morgan fingerprint density at radius 2 is 1.53 bits per heavy atom. The lowest BCUT2D eigenvalue weighted by atomic mass is 10.1. The maximum absolute atomic E-state index is 10.8. The van der Waals surface area contributed by atoms with E-state index in [1.807, 2.05) is 0 Å². The molecule has 0 aliphatic carbocycles. The zero-order chi connectivity index (χ0) is 11.7. The molecule has 0 aliphatic rings. The van der Waals surface area contributed by atoms with E-state index in [9.17, 15) is 8.42 Å². The smallest absolute Gasteiger partial charge is 0.147 e. The average Bonchev–Trinajstić information content (AvgIpc) is 2.07. The van der Waals surface area contributed by atoms with Gasteiger partial charge in [-0.05, 0) is 33.1 Å².